The van der Waals surface area contributed by atoms with Crippen LogP contribution in [0.5, 0.6) is 5.75 Å². The van der Waals surface area contributed by atoms with Gasteiger partial charge in [0.15, 0.2) is 0 Å². The molecule has 1 saturated heterocycles. The van der Waals surface area contributed by atoms with Gasteiger partial charge in [0.1, 0.15) is 15.8 Å². The maximum Gasteiger partial charge on any atom is 0.266 e. The maximum atomic E-state index is 12.9. The molecule has 1 aliphatic heterocycles. The number of amides is 1. The number of rotatable bonds is 8. The number of para-hydroxylation sites is 1. The van der Waals surface area contributed by atoms with Crippen LogP contribution in [-0.4, -0.2) is 38.1 Å². The molecule has 0 aliphatic carbocycles. The van der Waals surface area contributed by atoms with Crippen molar-refractivity contribution < 1.29 is 9.53 Å². The van der Waals surface area contributed by atoms with E-state index in [1.165, 1.54) is 11.8 Å². The minimum Gasteiger partial charge on any atom is -0.492 e. The van der Waals surface area contributed by atoms with E-state index < -0.39 is 0 Å². The van der Waals surface area contributed by atoms with E-state index in [1.54, 1.807) is 4.90 Å². The van der Waals surface area contributed by atoms with Gasteiger partial charge < -0.3 is 4.74 Å². The van der Waals surface area contributed by atoms with Crippen molar-refractivity contribution in [2.24, 2.45) is 0 Å². The van der Waals surface area contributed by atoms with Crippen LogP contribution in [0.15, 0.2) is 59.6 Å². The molecule has 0 bridgehead atoms. The van der Waals surface area contributed by atoms with Gasteiger partial charge >= 0.3 is 0 Å². The molecular weight excluding hydrogens is 474 g/mol. The lowest BCUT2D eigenvalue weighted by Gasteiger charge is -2.11. The van der Waals surface area contributed by atoms with E-state index >= 15 is 0 Å². The van der Waals surface area contributed by atoms with Crippen LogP contribution in [0, 0.1) is 0 Å². The maximum absolute atomic E-state index is 12.9. The van der Waals surface area contributed by atoms with Crippen molar-refractivity contribution in [3.8, 4) is 22.7 Å². The molecule has 1 aliphatic rings. The molecule has 0 atom stereocenters. The van der Waals surface area contributed by atoms with Crippen LogP contribution in [0.3, 0.4) is 0 Å². The van der Waals surface area contributed by atoms with Gasteiger partial charge in [-0.15, -0.1) is 0 Å². The highest BCUT2D eigenvalue weighted by atomic mass is 35.5. The molecule has 5 nitrogen and oxygen atoms in total. The molecule has 8 heteroatoms. The van der Waals surface area contributed by atoms with Crippen LogP contribution in [0.4, 0.5) is 0 Å². The van der Waals surface area contributed by atoms with Gasteiger partial charge in [-0.2, -0.15) is 5.10 Å². The molecule has 2 heterocycles. The largest absolute Gasteiger partial charge is 0.492 e. The number of carbonyl (C=O) groups excluding carboxylic acids is 1. The number of nitrogens with zero attached hydrogens (tertiary/aromatic N) is 3. The van der Waals surface area contributed by atoms with Gasteiger partial charge in [-0.1, -0.05) is 67.6 Å². The van der Waals surface area contributed by atoms with E-state index in [4.69, 9.17) is 33.7 Å². The van der Waals surface area contributed by atoms with Crippen LogP contribution in [0.25, 0.3) is 23.0 Å². The molecule has 1 aromatic heterocycles. The van der Waals surface area contributed by atoms with Crippen molar-refractivity contribution in [1.82, 2.24) is 14.7 Å². The lowest BCUT2D eigenvalue weighted by Crippen LogP contribution is -2.28. The van der Waals surface area contributed by atoms with E-state index in [-0.39, 0.29) is 5.91 Å². The molecule has 1 fully saturated rings. The van der Waals surface area contributed by atoms with Crippen molar-refractivity contribution >= 4 is 51.9 Å². The van der Waals surface area contributed by atoms with Crippen molar-refractivity contribution in [3.05, 3.63) is 70.2 Å². The Balaban J connectivity index is 1.77. The molecule has 0 saturated carbocycles. The van der Waals surface area contributed by atoms with Gasteiger partial charge in [0, 0.05) is 23.9 Å². The number of thioether (sulfide) groups is 1. The molecule has 1 amide bonds. The first kappa shape index (κ1) is 23.5. The summed E-state index contributed by atoms with van der Waals surface area (Å²) in [6.07, 6.45) is 5.54. The third-order valence-electron chi connectivity index (χ3n) is 5.04. The summed E-state index contributed by atoms with van der Waals surface area (Å²) in [4.78, 5) is 15.2. The summed E-state index contributed by atoms with van der Waals surface area (Å²) in [6, 6.07) is 15.5. The molecule has 0 spiro atoms. The van der Waals surface area contributed by atoms with Gasteiger partial charge in [0.05, 0.1) is 22.2 Å². The average Bonchev–Trinajstić information content (AvgIpc) is 3.36. The highest BCUT2D eigenvalue weighted by Crippen LogP contribution is 2.36. The second-order valence-electron chi connectivity index (χ2n) is 7.54. The first-order chi connectivity index (χ1) is 16.0. The number of halogens is 1. The monoisotopic (exact) mass is 497 g/mol. The Morgan fingerprint density at radius 1 is 1.15 bits per heavy atom. The van der Waals surface area contributed by atoms with E-state index in [9.17, 15) is 4.79 Å². The topological polar surface area (TPSA) is 47.4 Å². The Bertz CT molecular complexity index is 1210. The van der Waals surface area contributed by atoms with Gasteiger partial charge in [-0.05, 0) is 49.2 Å². The summed E-state index contributed by atoms with van der Waals surface area (Å²) < 4.78 is 8.11. The van der Waals surface area contributed by atoms with Crippen molar-refractivity contribution in [2.45, 2.75) is 26.7 Å². The SMILES string of the molecule is CCCOc1ccc(-c2nn(-c3ccccc3)cc2C=C2SC(=S)N(CCC)C2=O)cc1Cl. The summed E-state index contributed by atoms with van der Waals surface area (Å²) >= 11 is 13.3. The van der Waals surface area contributed by atoms with Gasteiger partial charge in [-0.25, -0.2) is 4.68 Å². The number of thiocarbonyl (C=S) groups is 1. The minimum atomic E-state index is -0.0633. The summed E-state index contributed by atoms with van der Waals surface area (Å²) in [5, 5.41) is 5.35. The fraction of sp³-hybridized carbons (Fsp3) is 0.240. The zero-order valence-corrected chi connectivity index (χ0v) is 20.8. The summed E-state index contributed by atoms with van der Waals surface area (Å²) in [5.74, 6) is 0.582. The van der Waals surface area contributed by atoms with Crippen LogP contribution in [0.1, 0.15) is 32.3 Å². The quantitative estimate of drug-likeness (QED) is 0.259. The van der Waals surface area contributed by atoms with E-state index in [0.29, 0.717) is 33.1 Å². The second-order valence-corrected chi connectivity index (χ2v) is 9.62. The molecule has 0 radical (unpaired) electrons. The minimum absolute atomic E-state index is 0.0633. The first-order valence-electron chi connectivity index (χ1n) is 10.8. The third kappa shape index (κ3) is 5.16. The number of hydrogen-bond donors (Lipinski definition) is 0. The number of benzene rings is 2. The Morgan fingerprint density at radius 2 is 1.94 bits per heavy atom. The molecule has 0 unspecified atom stereocenters. The van der Waals surface area contributed by atoms with Gasteiger partial charge in [-0.3, -0.25) is 9.69 Å². The molecular formula is C25H24ClN3O2S2. The Kier molecular flexibility index (Phi) is 7.53. The predicted octanol–water partition coefficient (Wildman–Crippen LogP) is 6.59. The summed E-state index contributed by atoms with van der Waals surface area (Å²) in [7, 11) is 0. The molecule has 0 N–H and O–H groups in total. The van der Waals surface area contributed by atoms with Gasteiger partial charge in [0.25, 0.3) is 5.91 Å². The van der Waals surface area contributed by atoms with E-state index in [0.717, 1.165) is 35.3 Å². The smallest absolute Gasteiger partial charge is 0.266 e. The molecule has 4 rings (SSSR count). The lowest BCUT2D eigenvalue weighted by molar-refractivity contribution is -0.122. The normalized spacial score (nSPS) is 15.0. The first-order valence-corrected chi connectivity index (χ1v) is 12.4. The molecule has 170 valence electrons. The third-order valence-corrected chi connectivity index (χ3v) is 6.71. The zero-order chi connectivity index (χ0) is 23.4. The Hall–Kier alpha value is -2.61. The standard InChI is InChI=1S/C25H24ClN3O2S2/c1-3-12-28-24(30)22(33-25(28)32)15-18-16-29(19-8-6-5-7-9-19)27-23(18)17-10-11-21(20(26)14-17)31-13-4-2/h5-11,14-16H,3-4,12-13H2,1-2H3. The number of hydrogen-bond acceptors (Lipinski definition) is 5. The van der Waals surface area contributed by atoms with Gasteiger partial charge in [0.2, 0.25) is 0 Å². The van der Waals surface area contributed by atoms with Crippen LogP contribution in [-0.2, 0) is 4.79 Å². The van der Waals surface area contributed by atoms with Crippen LogP contribution in [0.2, 0.25) is 5.02 Å². The average molecular weight is 498 g/mol. The second kappa shape index (κ2) is 10.5. The molecule has 2 aromatic carbocycles. The van der Waals surface area contributed by atoms with Crippen molar-refractivity contribution in [2.75, 3.05) is 13.2 Å². The predicted molar refractivity (Wildman–Crippen MR) is 140 cm³/mol. The fourth-order valence-electron chi connectivity index (χ4n) is 3.47. The number of aromatic nitrogens is 2. The number of carbonyl (C=O) groups is 1. The Morgan fingerprint density at radius 3 is 2.64 bits per heavy atom. The van der Waals surface area contributed by atoms with Crippen molar-refractivity contribution in [3.63, 3.8) is 0 Å². The number of ether oxygens (including phenoxy) is 1. The highest BCUT2D eigenvalue weighted by Gasteiger charge is 2.31. The van der Waals surface area contributed by atoms with E-state index in [1.807, 2.05) is 79.3 Å². The lowest BCUT2D eigenvalue weighted by atomic mass is 10.1. The summed E-state index contributed by atoms with van der Waals surface area (Å²) in [6.45, 7) is 5.30. The summed E-state index contributed by atoms with van der Waals surface area (Å²) in [5.41, 5.74) is 3.30. The highest BCUT2D eigenvalue weighted by molar-refractivity contribution is 8.26. The Labute approximate surface area is 208 Å². The molecule has 33 heavy (non-hydrogen) atoms. The fourth-order valence-corrected chi connectivity index (χ4v) is 5.00. The van der Waals surface area contributed by atoms with E-state index in [2.05, 4.69) is 0 Å². The van der Waals surface area contributed by atoms with Crippen LogP contribution >= 0.6 is 35.6 Å². The zero-order valence-electron chi connectivity index (χ0n) is 18.5. The van der Waals surface area contributed by atoms with Crippen molar-refractivity contribution in [1.29, 1.82) is 0 Å². The molecule has 3 aromatic rings. The van der Waals surface area contributed by atoms with Crippen LogP contribution < -0.4 is 4.74 Å².